The summed E-state index contributed by atoms with van der Waals surface area (Å²) in [5, 5.41) is 15.8. The van der Waals surface area contributed by atoms with E-state index in [0.29, 0.717) is 23.3 Å². The Hall–Kier alpha value is -3.24. The molecule has 2 saturated heterocycles. The van der Waals surface area contributed by atoms with Crippen LogP contribution >= 0.6 is 0 Å². The van der Waals surface area contributed by atoms with E-state index in [1.807, 2.05) is 0 Å². The van der Waals surface area contributed by atoms with Gasteiger partial charge in [0.1, 0.15) is 0 Å². The molecule has 37 heavy (non-hydrogen) atoms. The van der Waals surface area contributed by atoms with Crippen molar-refractivity contribution in [2.75, 3.05) is 51.4 Å². The molecule has 1 saturated carbocycles. The highest BCUT2D eigenvalue weighted by Crippen LogP contribution is 2.43. The molecule has 3 fully saturated rings. The number of anilines is 1. The van der Waals surface area contributed by atoms with Crippen LogP contribution in [0.15, 0.2) is 24.3 Å². The highest BCUT2D eigenvalue weighted by atomic mass is 19.1. The van der Waals surface area contributed by atoms with E-state index < -0.39 is 11.8 Å². The molecule has 3 aliphatic rings. The molecule has 9 nitrogen and oxygen atoms in total. The zero-order valence-electron chi connectivity index (χ0n) is 21.0. The van der Waals surface area contributed by atoms with E-state index in [-0.39, 0.29) is 11.4 Å². The fourth-order valence-corrected chi connectivity index (χ4v) is 5.82. The monoisotopic (exact) mass is 509 g/mol. The third-order valence-corrected chi connectivity index (χ3v) is 8.10. The summed E-state index contributed by atoms with van der Waals surface area (Å²) in [5.41, 5.74) is 2.87. The topological polar surface area (TPSA) is 93.0 Å². The van der Waals surface area contributed by atoms with E-state index in [2.05, 4.69) is 14.8 Å². The van der Waals surface area contributed by atoms with Crippen molar-refractivity contribution in [1.82, 2.24) is 19.7 Å². The molecule has 1 N–H and O–H groups in total. The number of rotatable bonds is 6. The van der Waals surface area contributed by atoms with Crippen molar-refractivity contribution in [2.24, 2.45) is 0 Å². The fraction of sp³-hybridized carbons (Fsp3) is 0.519. The van der Waals surface area contributed by atoms with Crippen molar-refractivity contribution >= 4 is 22.7 Å². The Morgan fingerprint density at radius 2 is 1.86 bits per heavy atom. The van der Waals surface area contributed by atoms with E-state index in [4.69, 9.17) is 14.6 Å². The van der Waals surface area contributed by atoms with Crippen LogP contribution < -0.4 is 9.64 Å². The number of pyridine rings is 1. The predicted molar refractivity (Wildman–Crippen MR) is 137 cm³/mol. The zero-order valence-corrected chi connectivity index (χ0v) is 21.0. The van der Waals surface area contributed by atoms with Crippen LogP contribution in [-0.2, 0) is 4.74 Å². The van der Waals surface area contributed by atoms with E-state index >= 15 is 0 Å². The number of aromatic nitrogens is 3. The second-order valence-corrected chi connectivity index (χ2v) is 10.1. The highest BCUT2D eigenvalue weighted by molar-refractivity contribution is 5.98. The minimum Gasteiger partial charge on any atom is -0.494 e. The number of carboxylic acids is 1. The maximum absolute atomic E-state index is 14.2. The zero-order chi connectivity index (χ0) is 25.5. The summed E-state index contributed by atoms with van der Waals surface area (Å²) in [6.07, 6.45) is 5.24. The smallest absolute Gasteiger partial charge is 0.354 e. The van der Waals surface area contributed by atoms with Crippen molar-refractivity contribution in [2.45, 2.75) is 44.1 Å². The highest BCUT2D eigenvalue weighted by Gasteiger charge is 2.32. The molecular formula is C27H32FN5O4. The number of ether oxygens (including phenoxy) is 2. The van der Waals surface area contributed by atoms with E-state index in [9.17, 15) is 14.3 Å². The molecule has 0 spiro atoms. The molecule has 0 amide bonds. The molecular weight excluding hydrogens is 477 g/mol. The van der Waals surface area contributed by atoms with Gasteiger partial charge in [-0.25, -0.2) is 18.9 Å². The number of halogens is 1. The number of morpholine rings is 1. The van der Waals surface area contributed by atoms with Crippen LogP contribution in [0.3, 0.4) is 0 Å². The maximum Gasteiger partial charge on any atom is 0.354 e. The third-order valence-electron chi connectivity index (χ3n) is 8.10. The van der Waals surface area contributed by atoms with E-state index in [0.717, 1.165) is 88.3 Å². The first-order valence-electron chi connectivity index (χ1n) is 13.1. The van der Waals surface area contributed by atoms with Gasteiger partial charge in [-0.1, -0.05) is 6.42 Å². The van der Waals surface area contributed by atoms with Crippen LogP contribution in [0.5, 0.6) is 5.75 Å². The number of hydrogen-bond donors (Lipinski definition) is 1. The van der Waals surface area contributed by atoms with Crippen molar-refractivity contribution in [1.29, 1.82) is 0 Å². The number of carbonyl (C=O) groups is 1. The van der Waals surface area contributed by atoms with Gasteiger partial charge in [0.2, 0.25) is 0 Å². The molecule has 1 aromatic carbocycles. The molecule has 2 aliphatic heterocycles. The number of benzene rings is 1. The second-order valence-electron chi connectivity index (χ2n) is 10.1. The molecule has 10 heteroatoms. The van der Waals surface area contributed by atoms with Crippen LogP contribution in [-0.4, -0.2) is 83.3 Å². The maximum atomic E-state index is 14.2. The summed E-state index contributed by atoms with van der Waals surface area (Å²) < 4.78 is 26.5. The van der Waals surface area contributed by atoms with Gasteiger partial charge in [0, 0.05) is 44.2 Å². The van der Waals surface area contributed by atoms with Crippen molar-refractivity contribution < 1.29 is 23.8 Å². The number of nitrogens with zero attached hydrogens (tertiary/aromatic N) is 5. The Morgan fingerprint density at radius 3 is 2.51 bits per heavy atom. The minimum atomic E-state index is -1.08. The second kappa shape index (κ2) is 9.90. The van der Waals surface area contributed by atoms with Crippen LogP contribution in [0.4, 0.5) is 10.1 Å². The Labute approximate surface area is 214 Å². The summed E-state index contributed by atoms with van der Waals surface area (Å²) in [5.74, 6) is -1.15. The average molecular weight is 510 g/mol. The quantitative estimate of drug-likeness (QED) is 0.536. The number of hydrogen-bond acceptors (Lipinski definition) is 7. The summed E-state index contributed by atoms with van der Waals surface area (Å²) >= 11 is 0. The Kier molecular flexibility index (Phi) is 6.46. The van der Waals surface area contributed by atoms with Gasteiger partial charge in [0.25, 0.3) is 0 Å². The minimum absolute atomic E-state index is 0.0202. The van der Waals surface area contributed by atoms with E-state index in [1.165, 1.54) is 13.2 Å². The van der Waals surface area contributed by atoms with Gasteiger partial charge in [-0.05, 0) is 43.9 Å². The van der Waals surface area contributed by atoms with Gasteiger partial charge in [0.15, 0.2) is 22.9 Å². The first kappa shape index (κ1) is 24.1. The number of methoxy groups -OCH3 is 1. The van der Waals surface area contributed by atoms with Crippen molar-refractivity contribution in [3.05, 3.63) is 41.5 Å². The molecule has 4 heterocycles. The van der Waals surface area contributed by atoms with Gasteiger partial charge < -0.3 is 19.5 Å². The SMILES string of the molecule is COc1cc(-n2nc(C3CCC3)c3c(N4CCC(N5CCOCC5)CC4)cc(C(=O)O)nc32)ccc1F. The van der Waals surface area contributed by atoms with Crippen LogP contribution in [0.2, 0.25) is 0 Å². The molecule has 1 aliphatic carbocycles. The Balaban J connectivity index is 1.44. The molecule has 196 valence electrons. The number of aromatic carboxylic acids is 1. The number of fused-ring (bicyclic) bond motifs is 1. The van der Waals surface area contributed by atoms with Crippen molar-refractivity contribution in [3.8, 4) is 11.4 Å². The molecule has 2 aromatic heterocycles. The predicted octanol–water partition coefficient (Wildman–Crippen LogP) is 3.83. The molecule has 0 bridgehead atoms. The van der Waals surface area contributed by atoms with Crippen LogP contribution in [0.25, 0.3) is 16.7 Å². The molecule has 0 unspecified atom stereocenters. The summed E-state index contributed by atoms with van der Waals surface area (Å²) in [6.45, 7) is 5.16. The van der Waals surface area contributed by atoms with Gasteiger partial charge >= 0.3 is 5.97 Å². The van der Waals surface area contributed by atoms with Gasteiger partial charge in [0.05, 0.1) is 42.8 Å². The number of piperidine rings is 1. The Morgan fingerprint density at radius 1 is 1.11 bits per heavy atom. The van der Waals surface area contributed by atoms with Gasteiger partial charge in [-0.3, -0.25) is 4.90 Å². The third kappa shape index (κ3) is 4.42. The lowest BCUT2D eigenvalue weighted by Gasteiger charge is -2.41. The van der Waals surface area contributed by atoms with E-state index in [1.54, 1.807) is 22.9 Å². The lowest BCUT2D eigenvalue weighted by Crippen LogP contribution is -2.49. The standard InChI is InChI=1S/C27H32FN5O4/c1-36-23-15-19(5-6-20(23)28)33-26-24(25(30-33)17-3-2-4-17)22(16-21(29-26)27(34)35)32-9-7-18(8-10-32)31-11-13-37-14-12-31/h5-6,15-18H,2-4,7-14H2,1H3,(H,34,35). The average Bonchev–Trinajstić information content (AvgIpc) is 3.27. The van der Waals surface area contributed by atoms with Crippen molar-refractivity contribution in [3.63, 3.8) is 0 Å². The lowest BCUT2D eigenvalue weighted by molar-refractivity contribution is 0.0115. The lowest BCUT2D eigenvalue weighted by atomic mass is 9.82. The van der Waals surface area contributed by atoms with Gasteiger partial charge in [-0.2, -0.15) is 5.10 Å². The van der Waals surface area contributed by atoms with Crippen LogP contribution in [0.1, 0.15) is 54.2 Å². The summed E-state index contributed by atoms with van der Waals surface area (Å²) in [4.78, 5) is 21.5. The first-order chi connectivity index (χ1) is 18.0. The normalized spacial score (nSPS) is 19.8. The Bertz CT molecular complexity index is 1310. The number of carboxylic acid groups (broad SMARTS) is 1. The summed E-state index contributed by atoms with van der Waals surface area (Å²) in [7, 11) is 1.42. The van der Waals surface area contributed by atoms with Gasteiger partial charge in [-0.15, -0.1) is 0 Å². The summed E-state index contributed by atoms with van der Waals surface area (Å²) in [6, 6.07) is 6.76. The largest absolute Gasteiger partial charge is 0.494 e. The first-order valence-corrected chi connectivity index (χ1v) is 13.1. The fourth-order valence-electron chi connectivity index (χ4n) is 5.82. The molecule has 6 rings (SSSR count). The molecule has 3 aromatic rings. The molecule has 0 radical (unpaired) electrons. The molecule has 0 atom stereocenters. The van der Waals surface area contributed by atoms with Crippen LogP contribution in [0, 0.1) is 5.82 Å².